The summed E-state index contributed by atoms with van der Waals surface area (Å²) >= 11 is 0. The lowest BCUT2D eigenvalue weighted by Gasteiger charge is -2.12. The lowest BCUT2D eigenvalue weighted by atomic mass is 10.1. The maximum atomic E-state index is 13.4. The molecule has 2 aromatic carbocycles. The fourth-order valence-electron chi connectivity index (χ4n) is 2.80. The molecule has 3 aromatic rings. The van der Waals surface area contributed by atoms with Crippen molar-refractivity contribution in [2.45, 2.75) is 33.0 Å². The Morgan fingerprint density at radius 1 is 1.12 bits per heavy atom. The van der Waals surface area contributed by atoms with E-state index in [1.165, 1.54) is 4.57 Å². The summed E-state index contributed by atoms with van der Waals surface area (Å²) in [6.07, 6.45) is -4.14. The van der Waals surface area contributed by atoms with Gasteiger partial charge in [-0.2, -0.15) is 13.2 Å². The van der Waals surface area contributed by atoms with E-state index in [2.05, 4.69) is 4.98 Å². The highest BCUT2D eigenvalue weighted by Crippen LogP contribution is 2.32. The summed E-state index contributed by atoms with van der Waals surface area (Å²) in [6, 6.07) is 11.7. The summed E-state index contributed by atoms with van der Waals surface area (Å²) in [5, 5.41) is 0. The Labute approximate surface area is 143 Å². The van der Waals surface area contributed by atoms with Crippen molar-refractivity contribution in [3.05, 3.63) is 65.0 Å². The van der Waals surface area contributed by atoms with Gasteiger partial charge in [-0.15, -0.1) is 0 Å². The van der Waals surface area contributed by atoms with Gasteiger partial charge in [-0.1, -0.05) is 37.3 Å². The summed E-state index contributed by atoms with van der Waals surface area (Å²) in [5.74, 6) is -0.909. The molecule has 1 heterocycles. The summed E-state index contributed by atoms with van der Waals surface area (Å²) < 4.78 is 41.3. The van der Waals surface area contributed by atoms with E-state index in [0.717, 1.165) is 5.56 Å². The van der Waals surface area contributed by atoms with Crippen LogP contribution in [0.1, 0.15) is 40.7 Å². The minimum Gasteiger partial charge on any atom is -0.316 e. The Hall–Kier alpha value is -2.63. The lowest BCUT2D eigenvalue weighted by molar-refractivity contribution is -0.146. The minimum atomic E-state index is -4.54. The number of ketones is 1. The number of carbonyl (C=O) groups excluding carboxylic acids is 1. The third-order valence-electron chi connectivity index (χ3n) is 4.09. The molecule has 130 valence electrons. The zero-order valence-corrected chi connectivity index (χ0v) is 13.9. The van der Waals surface area contributed by atoms with E-state index in [4.69, 9.17) is 0 Å². The number of imidazole rings is 1. The molecule has 0 amide bonds. The molecule has 3 nitrogen and oxygen atoms in total. The van der Waals surface area contributed by atoms with Gasteiger partial charge in [0.05, 0.1) is 11.0 Å². The Morgan fingerprint density at radius 3 is 2.40 bits per heavy atom. The first-order valence-corrected chi connectivity index (χ1v) is 7.96. The highest BCUT2D eigenvalue weighted by atomic mass is 19.4. The van der Waals surface area contributed by atoms with Gasteiger partial charge in [-0.05, 0) is 30.2 Å². The van der Waals surface area contributed by atoms with Gasteiger partial charge in [0.2, 0.25) is 5.82 Å². The van der Waals surface area contributed by atoms with Gasteiger partial charge < -0.3 is 4.57 Å². The van der Waals surface area contributed by atoms with Crippen LogP contribution in [0.15, 0.2) is 42.5 Å². The van der Waals surface area contributed by atoms with Crippen LogP contribution in [0, 0.1) is 6.92 Å². The molecule has 6 heteroatoms. The Bertz CT molecular complexity index is 924. The van der Waals surface area contributed by atoms with Crippen molar-refractivity contribution in [3.63, 3.8) is 0 Å². The molecule has 25 heavy (non-hydrogen) atoms. The van der Waals surface area contributed by atoms with Crippen molar-refractivity contribution in [1.82, 2.24) is 9.55 Å². The Morgan fingerprint density at radius 2 is 1.80 bits per heavy atom. The number of Topliss-reactive ketones (excluding diaryl/α,β-unsaturated/α-hetero) is 1. The number of benzene rings is 2. The van der Waals surface area contributed by atoms with E-state index < -0.39 is 12.0 Å². The minimum absolute atomic E-state index is 0.00564. The number of halogens is 3. The largest absolute Gasteiger partial charge is 0.449 e. The number of alkyl halides is 3. The average molecular weight is 346 g/mol. The number of hydrogen-bond donors (Lipinski definition) is 0. The van der Waals surface area contributed by atoms with E-state index in [1.807, 2.05) is 6.92 Å². The maximum absolute atomic E-state index is 13.4. The molecule has 0 aliphatic carbocycles. The van der Waals surface area contributed by atoms with E-state index >= 15 is 0 Å². The highest BCUT2D eigenvalue weighted by molar-refractivity contribution is 5.95. The number of rotatable bonds is 4. The van der Waals surface area contributed by atoms with Crippen molar-refractivity contribution in [1.29, 1.82) is 0 Å². The van der Waals surface area contributed by atoms with Gasteiger partial charge in [0.1, 0.15) is 0 Å². The molecule has 0 bridgehead atoms. The predicted octanol–water partition coefficient (Wildman–Crippen LogP) is 5.00. The molecule has 0 saturated carbocycles. The molecule has 0 fully saturated rings. The summed E-state index contributed by atoms with van der Waals surface area (Å²) in [7, 11) is 0. The molecular weight excluding hydrogens is 329 g/mol. The van der Waals surface area contributed by atoms with Crippen LogP contribution in [0.5, 0.6) is 0 Å². The second-order valence-corrected chi connectivity index (χ2v) is 5.99. The molecule has 1 aromatic heterocycles. The predicted molar refractivity (Wildman–Crippen MR) is 89.6 cm³/mol. The standard InChI is InChI=1S/C19H17F3N2O/c1-3-17(25)14-7-5-13(6-8-14)11-24-16-9-4-12(2)10-15(16)23-18(24)19(20,21)22/h4-10H,3,11H2,1-2H3. The second-order valence-electron chi connectivity index (χ2n) is 5.99. The number of aromatic nitrogens is 2. The number of fused-ring (bicyclic) bond motifs is 1. The summed E-state index contributed by atoms with van der Waals surface area (Å²) in [4.78, 5) is 15.5. The zero-order chi connectivity index (χ0) is 18.2. The van der Waals surface area contributed by atoms with Gasteiger partial charge in [0.15, 0.2) is 5.78 Å². The quantitative estimate of drug-likeness (QED) is 0.623. The molecule has 0 aliphatic heterocycles. The van der Waals surface area contributed by atoms with E-state index in [1.54, 1.807) is 49.4 Å². The van der Waals surface area contributed by atoms with Gasteiger partial charge in [0, 0.05) is 18.5 Å². The molecule has 0 saturated heterocycles. The SMILES string of the molecule is CCC(=O)c1ccc(Cn2c(C(F)(F)F)nc3cc(C)ccc32)cc1. The Kier molecular flexibility index (Phi) is 4.37. The second kappa shape index (κ2) is 6.35. The first-order valence-electron chi connectivity index (χ1n) is 7.96. The first kappa shape index (κ1) is 17.2. The molecule has 0 N–H and O–H groups in total. The molecule has 0 radical (unpaired) electrons. The normalized spacial score (nSPS) is 11.9. The average Bonchev–Trinajstić information content (AvgIpc) is 2.92. The van der Waals surface area contributed by atoms with Crippen LogP contribution in [0.2, 0.25) is 0 Å². The molecule has 0 aliphatic rings. The van der Waals surface area contributed by atoms with Crippen molar-refractivity contribution < 1.29 is 18.0 Å². The van der Waals surface area contributed by atoms with Crippen molar-refractivity contribution in [2.24, 2.45) is 0 Å². The third-order valence-corrected chi connectivity index (χ3v) is 4.09. The lowest BCUT2D eigenvalue weighted by Crippen LogP contribution is -2.15. The van der Waals surface area contributed by atoms with Crippen LogP contribution < -0.4 is 0 Å². The number of carbonyl (C=O) groups is 1. The smallest absolute Gasteiger partial charge is 0.316 e. The van der Waals surface area contributed by atoms with Crippen molar-refractivity contribution >= 4 is 16.8 Å². The molecule has 3 rings (SSSR count). The molecule has 0 atom stereocenters. The first-order chi connectivity index (χ1) is 11.8. The van der Waals surface area contributed by atoms with E-state index in [9.17, 15) is 18.0 Å². The van der Waals surface area contributed by atoms with Crippen LogP contribution in [-0.4, -0.2) is 15.3 Å². The fraction of sp³-hybridized carbons (Fsp3) is 0.263. The van der Waals surface area contributed by atoms with Crippen molar-refractivity contribution in [3.8, 4) is 0 Å². The molecular formula is C19H17F3N2O. The highest BCUT2D eigenvalue weighted by Gasteiger charge is 2.37. The van der Waals surface area contributed by atoms with Crippen molar-refractivity contribution in [2.75, 3.05) is 0 Å². The monoisotopic (exact) mass is 346 g/mol. The molecule has 0 unspecified atom stereocenters. The zero-order valence-electron chi connectivity index (χ0n) is 13.9. The maximum Gasteiger partial charge on any atom is 0.449 e. The van der Waals surface area contributed by atoms with Gasteiger partial charge in [-0.3, -0.25) is 4.79 Å². The van der Waals surface area contributed by atoms with E-state index in [0.29, 0.717) is 28.6 Å². The van der Waals surface area contributed by atoms with Gasteiger partial charge in [-0.25, -0.2) is 4.98 Å². The third kappa shape index (κ3) is 3.43. The van der Waals surface area contributed by atoms with Crippen LogP contribution in [0.25, 0.3) is 11.0 Å². The van der Waals surface area contributed by atoms with E-state index in [-0.39, 0.29) is 12.3 Å². The fourth-order valence-corrected chi connectivity index (χ4v) is 2.80. The van der Waals surface area contributed by atoms with Gasteiger partial charge in [0.25, 0.3) is 0 Å². The van der Waals surface area contributed by atoms with Crippen LogP contribution in [0.4, 0.5) is 13.2 Å². The summed E-state index contributed by atoms with van der Waals surface area (Å²) in [6.45, 7) is 3.62. The van der Waals surface area contributed by atoms with Gasteiger partial charge >= 0.3 is 6.18 Å². The summed E-state index contributed by atoms with van der Waals surface area (Å²) in [5.41, 5.74) is 2.86. The van der Waals surface area contributed by atoms with Crippen LogP contribution in [0.3, 0.4) is 0 Å². The molecule has 0 spiro atoms. The number of aryl methyl sites for hydroxylation is 1. The Balaban J connectivity index is 2.04. The van der Waals surface area contributed by atoms with Crippen LogP contribution in [-0.2, 0) is 12.7 Å². The topological polar surface area (TPSA) is 34.9 Å². The number of hydrogen-bond acceptors (Lipinski definition) is 2. The van der Waals surface area contributed by atoms with Crippen LogP contribution >= 0.6 is 0 Å². The number of nitrogens with zero attached hydrogens (tertiary/aromatic N) is 2.